The number of halogens is 1. The van der Waals surface area contributed by atoms with E-state index in [1.165, 1.54) is 23.7 Å². The Morgan fingerprint density at radius 2 is 1.80 bits per heavy atom. The first-order valence-electron chi connectivity index (χ1n) is 10.1. The van der Waals surface area contributed by atoms with Crippen molar-refractivity contribution in [1.82, 2.24) is 14.7 Å². The zero-order valence-electron chi connectivity index (χ0n) is 17.5. The zero-order chi connectivity index (χ0) is 21.5. The van der Waals surface area contributed by atoms with Crippen LogP contribution in [0.1, 0.15) is 50.2 Å². The van der Waals surface area contributed by atoms with Crippen LogP contribution in [0.15, 0.2) is 54.6 Å². The molecule has 0 aliphatic heterocycles. The summed E-state index contributed by atoms with van der Waals surface area (Å²) in [6, 6.07) is 16.5. The monoisotopic (exact) mass is 426 g/mol. The lowest BCUT2D eigenvalue weighted by Gasteiger charge is -2.25. The molecule has 1 heterocycles. The Balaban J connectivity index is 1.57. The normalized spacial score (nSPS) is 12.0. The number of aromatic nitrogens is 2. The van der Waals surface area contributed by atoms with Gasteiger partial charge in [-0.15, -0.1) is 0 Å². The van der Waals surface area contributed by atoms with Crippen LogP contribution < -0.4 is 10.2 Å². The van der Waals surface area contributed by atoms with Crippen molar-refractivity contribution in [2.45, 2.75) is 45.7 Å². The highest BCUT2D eigenvalue weighted by atomic mass is 32.1. The minimum Gasteiger partial charge on any atom is -0.350 e. The van der Waals surface area contributed by atoms with E-state index in [0.717, 1.165) is 16.3 Å². The fraction of sp³-hybridized carbons (Fsp3) is 0.348. The summed E-state index contributed by atoms with van der Waals surface area (Å²) in [5, 5.41) is 3.85. The molecule has 5 nitrogen and oxygen atoms in total. The van der Waals surface area contributed by atoms with Gasteiger partial charge in [-0.25, -0.2) is 9.37 Å². The minimum atomic E-state index is -0.253. The number of carbonyl (C=O) groups excluding carboxylic acids is 1. The maximum absolute atomic E-state index is 13.1. The molecule has 7 heteroatoms. The Bertz CT molecular complexity index is 943. The molecule has 0 aliphatic carbocycles. The van der Waals surface area contributed by atoms with E-state index in [9.17, 15) is 9.18 Å². The third kappa shape index (κ3) is 6.10. The maximum Gasteiger partial charge on any atom is 0.222 e. The largest absolute Gasteiger partial charge is 0.350 e. The van der Waals surface area contributed by atoms with Gasteiger partial charge in [0, 0.05) is 37.0 Å². The molecule has 1 amide bonds. The molecule has 0 saturated heterocycles. The Morgan fingerprint density at radius 3 is 2.47 bits per heavy atom. The van der Waals surface area contributed by atoms with Crippen LogP contribution in [-0.2, 0) is 11.2 Å². The highest BCUT2D eigenvalue weighted by Crippen LogP contribution is 2.22. The number of benzene rings is 2. The quantitative estimate of drug-likeness (QED) is 0.536. The van der Waals surface area contributed by atoms with Crippen molar-refractivity contribution >= 4 is 22.6 Å². The van der Waals surface area contributed by atoms with Crippen molar-refractivity contribution in [3.63, 3.8) is 0 Å². The Hall–Kier alpha value is -2.80. The number of hydrogen-bond donors (Lipinski definition) is 1. The molecule has 1 N–H and O–H groups in total. The first-order chi connectivity index (χ1) is 14.4. The SMILES string of the molecule is CC(C)N(CCC(=O)N[C@@H](C)c1ccccc1)c1nc(Cc2ccc(F)cc2)ns1. The first-order valence-corrected chi connectivity index (χ1v) is 10.9. The molecule has 1 aromatic heterocycles. The van der Waals surface area contributed by atoms with Crippen LogP contribution in [0.2, 0.25) is 0 Å². The van der Waals surface area contributed by atoms with Crippen LogP contribution in [-0.4, -0.2) is 27.9 Å². The lowest BCUT2D eigenvalue weighted by molar-refractivity contribution is -0.121. The lowest BCUT2D eigenvalue weighted by Crippen LogP contribution is -2.36. The fourth-order valence-corrected chi connectivity index (χ4v) is 4.00. The molecular weight excluding hydrogens is 399 g/mol. The molecule has 158 valence electrons. The molecule has 0 aliphatic rings. The number of nitrogens with zero attached hydrogens (tertiary/aromatic N) is 3. The molecule has 30 heavy (non-hydrogen) atoms. The maximum atomic E-state index is 13.1. The summed E-state index contributed by atoms with van der Waals surface area (Å²) < 4.78 is 17.5. The van der Waals surface area contributed by atoms with Gasteiger partial charge in [0.1, 0.15) is 11.6 Å². The highest BCUT2D eigenvalue weighted by molar-refractivity contribution is 7.09. The first kappa shape index (κ1) is 21.9. The summed E-state index contributed by atoms with van der Waals surface area (Å²) in [5.41, 5.74) is 2.05. The molecule has 0 fully saturated rings. The van der Waals surface area contributed by atoms with Crippen LogP contribution in [0.3, 0.4) is 0 Å². The van der Waals surface area contributed by atoms with Crippen LogP contribution >= 0.6 is 11.5 Å². The molecular formula is C23H27FN4OS. The van der Waals surface area contributed by atoms with Crippen molar-refractivity contribution < 1.29 is 9.18 Å². The fourth-order valence-electron chi connectivity index (χ4n) is 3.15. The van der Waals surface area contributed by atoms with Crippen molar-refractivity contribution in [1.29, 1.82) is 0 Å². The summed E-state index contributed by atoms with van der Waals surface area (Å²) >= 11 is 1.33. The van der Waals surface area contributed by atoms with Crippen LogP contribution in [0.25, 0.3) is 0 Å². The van der Waals surface area contributed by atoms with E-state index < -0.39 is 0 Å². The van der Waals surface area contributed by atoms with Gasteiger partial charge in [0.2, 0.25) is 11.0 Å². The molecule has 0 saturated carbocycles. The number of anilines is 1. The molecule has 0 unspecified atom stereocenters. The van der Waals surface area contributed by atoms with Gasteiger partial charge in [0.15, 0.2) is 0 Å². The van der Waals surface area contributed by atoms with Gasteiger partial charge < -0.3 is 10.2 Å². The van der Waals surface area contributed by atoms with E-state index in [-0.39, 0.29) is 23.8 Å². The van der Waals surface area contributed by atoms with E-state index in [1.54, 1.807) is 12.1 Å². The van der Waals surface area contributed by atoms with Gasteiger partial charge in [-0.1, -0.05) is 42.5 Å². The minimum absolute atomic E-state index is 0.00746. The van der Waals surface area contributed by atoms with E-state index in [4.69, 9.17) is 0 Å². The lowest BCUT2D eigenvalue weighted by atomic mass is 10.1. The van der Waals surface area contributed by atoms with Gasteiger partial charge in [-0.2, -0.15) is 4.37 Å². The molecule has 1 atom stereocenters. The van der Waals surface area contributed by atoms with Gasteiger partial charge >= 0.3 is 0 Å². The molecule has 3 aromatic rings. The standard InChI is InChI=1S/C23H27FN4OS/c1-16(2)28(14-13-22(29)25-17(3)19-7-5-4-6-8-19)23-26-21(27-30-23)15-18-9-11-20(24)12-10-18/h4-12,16-17H,13-15H2,1-3H3,(H,25,29)/t17-/m0/s1. The second kappa shape index (κ2) is 10.3. The van der Waals surface area contributed by atoms with Crippen LogP contribution in [0, 0.1) is 5.82 Å². The van der Waals surface area contributed by atoms with E-state index in [2.05, 4.69) is 33.4 Å². The predicted octanol–water partition coefficient (Wildman–Crippen LogP) is 4.75. The van der Waals surface area contributed by atoms with E-state index in [0.29, 0.717) is 25.2 Å². The van der Waals surface area contributed by atoms with Crippen molar-refractivity contribution in [2.75, 3.05) is 11.4 Å². The van der Waals surface area contributed by atoms with E-state index in [1.807, 2.05) is 37.3 Å². The Labute approximate surface area is 181 Å². The zero-order valence-corrected chi connectivity index (χ0v) is 18.3. The number of nitrogens with one attached hydrogen (secondary N) is 1. The summed E-state index contributed by atoms with van der Waals surface area (Å²) in [6.07, 6.45) is 0.931. The summed E-state index contributed by atoms with van der Waals surface area (Å²) in [7, 11) is 0. The average molecular weight is 427 g/mol. The van der Waals surface area contributed by atoms with Crippen molar-refractivity contribution in [3.8, 4) is 0 Å². The molecule has 2 aromatic carbocycles. The van der Waals surface area contributed by atoms with Gasteiger partial charge in [0.05, 0.1) is 6.04 Å². The highest BCUT2D eigenvalue weighted by Gasteiger charge is 2.18. The second-order valence-electron chi connectivity index (χ2n) is 7.53. The van der Waals surface area contributed by atoms with Crippen LogP contribution in [0.5, 0.6) is 0 Å². The smallest absolute Gasteiger partial charge is 0.222 e. The topological polar surface area (TPSA) is 58.1 Å². The number of rotatable bonds is 9. The average Bonchev–Trinajstić information content (AvgIpc) is 3.18. The number of amides is 1. The molecule has 0 bridgehead atoms. The van der Waals surface area contributed by atoms with Crippen molar-refractivity contribution in [3.05, 3.63) is 77.4 Å². The summed E-state index contributed by atoms with van der Waals surface area (Å²) in [6.45, 7) is 6.70. The van der Waals surface area contributed by atoms with Crippen molar-refractivity contribution in [2.24, 2.45) is 0 Å². The van der Waals surface area contributed by atoms with Gasteiger partial charge in [0.25, 0.3) is 0 Å². The molecule has 3 rings (SSSR count). The van der Waals surface area contributed by atoms with E-state index >= 15 is 0 Å². The summed E-state index contributed by atoms with van der Waals surface area (Å²) in [4.78, 5) is 19.2. The molecule has 0 spiro atoms. The Morgan fingerprint density at radius 1 is 1.10 bits per heavy atom. The number of hydrogen-bond acceptors (Lipinski definition) is 5. The van der Waals surface area contributed by atoms with Crippen LogP contribution in [0.4, 0.5) is 9.52 Å². The molecule has 0 radical (unpaired) electrons. The predicted molar refractivity (Wildman–Crippen MR) is 119 cm³/mol. The third-order valence-corrected chi connectivity index (χ3v) is 5.65. The summed E-state index contributed by atoms with van der Waals surface area (Å²) in [5.74, 6) is 0.457. The second-order valence-corrected chi connectivity index (χ2v) is 8.26. The third-order valence-electron chi connectivity index (χ3n) is 4.86. The Kier molecular flexibility index (Phi) is 7.52. The number of carbonyl (C=O) groups is 1. The van der Waals surface area contributed by atoms with Gasteiger partial charge in [-0.05, 0) is 44.0 Å². The van der Waals surface area contributed by atoms with Gasteiger partial charge in [-0.3, -0.25) is 4.79 Å².